The molecule has 1 aromatic rings. The molecule has 0 unspecified atom stereocenters. The van der Waals surface area contributed by atoms with Gasteiger partial charge in [0.2, 0.25) is 5.91 Å². The topological polar surface area (TPSA) is 98.2 Å². The number of rotatable bonds is 4. The highest BCUT2D eigenvalue weighted by atomic mass is 35.5. The maximum atomic E-state index is 11.5. The van der Waals surface area contributed by atoms with Crippen LogP contribution in [0.15, 0.2) is 11.4 Å². The molecular formula is C9H14ClN3O2S. The summed E-state index contributed by atoms with van der Waals surface area (Å²) in [7, 11) is 0. The molecule has 0 saturated carbocycles. The Hall–Kier alpha value is -1.11. The molecule has 5 nitrogen and oxygen atoms in total. The number of halogens is 1. The molecule has 0 bridgehead atoms. The van der Waals surface area contributed by atoms with E-state index in [-0.39, 0.29) is 24.4 Å². The number of thiophene rings is 1. The predicted octanol–water partition coefficient (Wildman–Crippen LogP) is 0.346. The molecule has 16 heavy (non-hydrogen) atoms. The number of carbonyl (C=O) groups is 2. The van der Waals surface area contributed by atoms with E-state index in [1.54, 1.807) is 12.3 Å². The van der Waals surface area contributed by atoms with Crippen molar-refractivity contribution in [2.75, 3.05) is 6.54 Å². The summed E-state index contributed by atoms with van der Waals surface area (Å²) in [6, 6.07) is 1.39. The third-order valence-corrected chi connectivity index (χ3v) is 2.77. The van der Waals surface area contributed by atoms with Crippen molar-refractivity contribution < 1.29 is 9.59 Å². The van der Waals surface area contributed by atoms with E-state index in [1.807, 2.05) is 0 Å². The SMILES string of the molecule is C[C@@H](CN)NC(=O)c1cc(C(N)=O)cs1.Cl. The van der Waals surface area contributed by atoms with E-state index in [2.05, 4.69) is 5.32 Å². The number of primary amides is 1. The van der Waals surface area contributed by atoms with E-state index in [0.717, 1.165) is 0 Å². The highest BCUT2D eigenvalue weighted by molar-refractivity contribution is 7.12. The smallest absolute Gasteiger partial charge is 0.261 e. The summed E-state index contributed by atoms with van der Waals surface area (Å²) in [4.78, 5) is 22.8. The van der Waals surface area contributed by atoms with Crippen molar-refractivity contribution in [3.8, 4) is 0 Å². The number of nitrogens with two attached hydrogens (primary N) is 2. The number of carbonyl (C=O) groups excluding carboxylic acids is 2. The van der Waals surface area contributed by atoms with Crippen LogP contribution in [0.4, 0.5) is 0 Å². The van der Waals surface area contributed by atoms with E-state index in [1.165, 1.54) is 17.4 Å². The van der Waals surface area contributed by atoms with Crippen molar-refractivity contribution >= 4 is 35.6 Å². The molecule has 0 aliphatic rings. The Kier molecular flexibility index (Phi) is 6.02. The van der Waals surface area contributed by atoms with Gasteiger partial charge in [0.05, 0.1) is 10.4 Å². The van der Waals surface area contributed by atoms with E-state index >= 15 is 0 Å². The molecule has 0 aliphatic heterocycles. The number of hydrogen-bond acceptors (Lipinski definition) is 4. The Bertz CT molecular complexity index is 381. The third-order valence-electron chi connectivity index (χ3n) is 1.84. The van der Waals surface area contributed by atoms with Crippen molar-refractivity contribution in [2.45, 2.75) is 13.0 Å². The van der Waals surface area contributed by atoms with Gasteiger partial charge in [-0.15, -0.1) is 23.7 Å². The lowest BCUT2D eigenvalue weighted by molar-refractivity contribution is 0.0945. The van der Waals surface area contributed by atoms with Crippen LogP contribution < -0.4 is 16.8 Å². The summed E-state index contributed by atoms with van der Waals surface area (Å²) in [5.74, 6) is -0.761. The second-order valence-corrected chi connectivity index (χ2v) is 4.09. The first-order chi connectivity index (χ1) is 7.04. The zero-order valence-corrected chi connectivity index (χ0v) is 10.4. The van der Waals surface area contributed by atoms with Gasteiger partial charge in [-0.25, -0.2) is 0 Å². The molecule has 0 spiro atoms. The van der Waals surface area contributed by atoms with Gasteiger partial charge in [-0.3, -0.25) is 9.59 Å². The van der Waals surface area contributed by atoms with Gasteiger partial charge in [0, 0.05) is 18.0 Å². The molecular weight excluding hydrogens is 250 g/mol. The molecule has 1 atom stereocenters. The van der Waals surface area contributed by atoms with Crippen molar-refractivity contribution in [1.82, 2.24) is 5.32 Å². The molecule has 0 radical (unpaired) electrons. The summed E-state index contributed by atoms with van der Waals surface area (Å²) >= 11 is 1.18. The zero-order valence-electron chi connectivity index (χ0n) is 8.73. The molecule has 0 saturated heterocycles. The standard InChI is InChI=1S/C9H13N3O2S.ClH/c1-5(3-10)12-9(14)7-2-6(4-15-7)8(11)13;/h2,4-5H,3,10H2,1H3,(H2,11,13)(H,12,14);1H/t5-;/m0./s1. The van der Waals surface area contributed by atoms with Gasteiger partial charge in [0.1, 0.15) is 0 Å². The van der Waals surface area contributed by atoms with Gasteiger partial charge >= 0.3 is 0 Å². The number of amides is 2. The fraction of sp³-hybridized carbons (Fsp3) is 0.333. The summed E-state index contributed by atoms with van der Waals surface area (Å²) < 4.78 is 0. The second-order valence-electron chi connectivity index (χ2n) is 3.17. The second kappa shape index (κ2) is 6.47. The van der Waals surface area contributed by atoms with Crippen molar-refractivity contribution in [3.05, 3.63) is 21.9 Å². The third kappa shape index (κ3) is 3.80. The average Bonchev–Trinajstić information content (AvgIpc) is 2.66. The first kappa shape index (κ1) is 14.9. The highest BCUT2D eigenvalue weighted by Crippen LogP contribution is 2.14. The van der Waals surface area contributed by atoms with Crippen molar-refractivity contribution in [1.29, 1.82) is 0 Å². The van der Waals surface area contributed by atoms with Gasteiger partial charge in [-0.2, -0.15) is 0 Å². The predicted molar refractivity (Wildman–Crippen MR) is 66.1 cm³/mol. The molecule has 90 valence electrons. The lowest BCUT2D eigenvalue weighted by Crippen LogP contribution is -2.37. The van der Waals surface area contributed by atoms with Crippen LogP contribution in [-0.2, 0) is 0 Å². The molecule has 1 aromatic heterocycles. The highest BCUT2D eigenvalue weighted by Gasteiger charge is 2.12. The van der Waals surface area contributed by atoms with Crippen LogP contribution in [0.1, 0.15) is 27.0 Å². The minimum atomic E-state index is -0.530. The monoisotopic (exact) mass is 263 g/mol. The Balaban J connectivity index is 0.00000225. The number of nitrogens with one attached hydrogen (secondary N) is 1. The molecule has 1 rings (SSSR count). The summed E-state index contributed by atoms with van der Waals surface area (Å²) in [6.07, 6.45) is 0. The molecule has 0 aromatic carbocycles. The summed E-state index contributed by atoms with van der Waals surface area (Å²) in [5.41, 5.74) is 10.8. The zero-order chi connectivity index (χ0) is 11.4. The van der Waals surface area contributed by atoms with Gasteiger partial charge in [-0.05, 0) is 13.0 Å². The molecule has 2 amide bonds. The number of hydrogen-bond donors (Lipinski definition) is 3. The Morgan fingerprint density at radius 2 is 2.19 bits per heavy atom. The lowest BCUT2D eigenvalue weighted by Gasteiger charge is -2.09. The van der Waals surface area contributed by atoms with Crippen LogP contribution in [0, 0.1) is 0 Å². The molecule has 0 fully saturated rings. The van der Waals surface area contributed by atoms with Crippen LogP contribution in [0.3, 0.4) is 0 Å². The summed E-state index contributed by atoms with van der Waals surface area (Å²) in [5, 5.41) is 4.25. The molecule has 5 N–H and O–H groups in total. The average molecular weight is 264 g/mol. The van der Waals surface area contributed by atoms with Crippen LogP contribution in [0.2, 0.25) is 0 Å². The van der Waals surface area contributed by atoms with Gasteiger partial charge < -0.3 is 16.8 Å². The van der Waals surface area contributed by atoms with E-state index in [9.17, 15) is 9.59 Å². The van der Waals surface area contributed by atoms with Gasteiger partial charge in [0.25, 0.3) is 5.91 Å². The van der Waals surface area contributed by atoms with E-state index < -0.39 is 5.91 Å². The maximum Gasteiger partial charge on any atom is 0.261 e. The van der Waals surface area contributed by atoms with E-state index in [4.69, 9.17) is 11.5 Å². The van der Waals surface area contributed by atoms with Crippen LogP contribution in [0.25, 0.3) is 0 Å². The van der Waals surface area contributed by atoms with E-state index in [0.29, 0.717) is 17.0 Å². The van der Waals surface area contributed by atoms with Gasteiger partial charge in [-0.1, -0.05) is 0 Å². The Morgan fingerprint density at radius 3 is 2.62 bits per heavy atom. The minimum absolute atomic E-state index is 0. The van der Waals surface area contributed by atoms with Crippen LogP contribution >= 0.6 is 23.7 Å². The Morgan fingerprint density at radius 1 is 1.56 bits per heavy atom. The van der Waals surface area contributed by atoms with Crippen molar-refractivity contribution in [2.24, 2.45) is 11.5 Å². The largest absolute Gasteiger partial charge is 0.366 e. The summed E-state index contributed by atoms with van der Waals surface area (Å²) in [6.45, 7) is 2.18. The van der Waals surface area contributed by atoms with Gasteiger partial charge in [0.15, 0.2) is 0 Å². The minimum Gasteiger partial charge on any atom is -0.366 e. The Labute approximate surface area is 104 Å². The van der Waals surface area contributed by atoms with Crippen LogP contribution in [-0.4, -0.2) is 24.4 Å². The quantitative estimate of drug-likeness (QED) is 0.731. The lowest BCUT2D eigenvalue weighted by atomic mass is 10.3. The van der Waals surface area contributed by atoms with Crippen molar-refractivity contribution in [3.63, 3.8) is 0 Å². The fourth-order valence-corrected chi connectivity index (χ4v) is 1.74. The fourth-order valence-electron chi connectivity index (χ4n) is 0.938. The molecule has 1 heterocycles. The molecule has 0 aliphatic carbocycles. The first-order valence-corrected chi connectivity index (χ1v) is 5.31. The first-order valence-electron chi connectivity index (χ1n) is 4.44. The maximum absolute atomic E-state index is 11.5. The van der Waals surface area contributed by atoms with Crippen LogP contribution in [0.5, 0.6) is 0 Å². The normalized spacial score (nSPS) is 11.4. The molecule has 7 heteroatoms.